The van der Waals surface area contributed by atoms with Crippen LogP contribution in [0.2, 0.25) is 0 Å². The van der Waals surface area contributed by atoms with Gasteiger partial charge in [-0.25, -0.2) is 4.79 Å². The van der Waals surface area contributed by atoms with Crippen molar-refractivity contribution in [1.29, 1.82) is 0 Å². The summed E-state index contributed by atoms with van der Waals surface area (Å²) in [5.41, 5.74) is 3.17. The standard InChI is InChI=1S/C27H34N6O4S/c1-3-28-26(35)30-11-5-13-33-24(20-6-8-22(9-7-20)37-4-2)19-38-27(33)31-25(34)23-18-21(10-12-29-23)32-14-16-36-17-15-32/h6-10,12,18-19H,3-5,11,13-17H2,1-2H3,(H2,28,30,35). The van der Waals surface area contributed by atoms with Gasteiger partial charge >= 0.3 is 6.03 Å². The molecule has 2 N–H and O–H groups in total. The zero-order valence-corrected chi connectivity index (χ0v) is 22.6. The van der Waals surface area contributed by atoms with Crippen LogP contribution < -0.4 is 25.1 Å². The lowest BCUT2D eigenvalue weighted by Gasteiger charge is -2.28. The second-order valence-corrected chi connectivity index (χ2v) is 9.40. The van der Waals surface area contributed by atoms with Gasteiger partial charge in [0.2, 0.25) is 0 Å². The normalized spacial score (nSPS) is 13.8. The van der Waals surface area contributed by atoms with E-state index >= 15 is 0 Å². The number of hydrogen-bond donors (Lipinski definition) is 2. The molecule has 3 aromatic rings. The zero-order chi connectivity index (χ0) is 26.7. The van der Waals surface area contributed by atoms with Crippen LogP contribution >= 0.6 is 11.3 Å². The van der Waals surface area contributed by atoms with Crippen LogP contribution in [0, 0.1) is 0 Å². The molecule has 0 saturated carbocycles. The number of pyridine rings is 1. The number of carbonyl (C=O) groups excluding carboxylic acids is 2. The first-order chi connectivity index (χ1) is 18.6. The van der Waals surface area contributed by atoms with E-state index in [4.69, 9.17) is 9.47 Å². The Morgan fingerprint density at radius 3 is 2.66 bits per heavy atom. The van der Waals surface area contributed by atoms with Crippen molar-refractivity contribution in [1.82, 2.24) is 20.2 Å². The summed E-state index contributed by atoms with van der Waals surface area (Å²) >= 11 is 1.40. The van der Waals surface area contributed by atoms with Gasteiger partial charge in [0, 0.05) is 50.0 Å². The van der Waals surface area contributed by atoms with Gasteiger partial charge in [-0.15, -0.1) is 11.3 Å². The molecule has 1 aromatic carbocycles. The van der Waals surface area contributed by atoms with Crippen LogP contribution in [0.4, 0.5) is 10.5 Å². The molecule has 4 rings (SSSR count). The van der Waals surface area contributed by atoms with Crippen molar-refractivity contribution < 1.29 is 19.1 Å². The molecule has 2 aromatic heterocycles. The van der Waals surface area contributed by atoms with E-state index in [1.54, 1.807) is 12.3 Å². The van der Waals surface area contributed by atoms with Crippen molar-refractivity contribution in [3.05, 3.63) is 58.5 Å². The van der Waals surface area contributed by atoms with Crippen molar-refractivity contribution in [3.8, 4) is 17.0 Å². The van der Waals surface area contributed by atoms with Gasteiger partial charge in [0.1, 0.15) is 11.4 Å². The highest BCUT2D eigenvalue weighted by Crippen LogP contribution is 2.24. The van der Waals surface area contributed by atoms with Gasteiger partial charge in [0.05, 0.1) is 25.5 Å². The number of carbonyl (C=O) groups is 2. The van der Waals surface area contributed by atoms with E-state index in [-0.39, 0.29) is 6.03 Å². The van der Waals surface area contributed by atoms with Crippen LogP contribution in [0.5, 0.6) is 5.75 Å². The first-order valence-corrected chi connectivity index (χ1v) is 13.8. The highest BCUT2D eigenvalue weighted by Gasteiger charge is 2.15. The lowest BCUT2D eigenvalue weighted by Crippen LogP contribution is -2.36. The Hall–Kier alpha value is -3.70. The molecule has 0 aliphatic carbocycles. The molecule has 0 unspecified atom stereocenters. The third-order valence-corrected chi connectivity index (χ3v) is 6.84. The molecule has 0 bridgehead atoms. The van der Waals surface area contributed by atoms with E-state index in [1.165, 1.54) is 11.3 Å². The van der Waals surface area contributed by atoms with E-state index in [1.807, 2.05) is 54.1 Å². The number of anilines is 1. The highest BCUT2D eigenvalue weighted by molar-refractivity contribution is 7.07. The van der Waals surface area contributed by atoms with E-state index in [9.17, 15) is 9.59 Å². The molecule has 3 amide bonds. The Balaban J connectivity index is 1.59. The average Bonchev–Trinajstić information content (AvgIpc) is 3.34. The van der Waals surface area contributed by atoms with Gasteiger partial charge < -0.3 is 29.6 Å². The van der Waals surface area contributed by atoms with E-state index in [2.05, 4.69) is 25.5 Å². The molecule has 0 atom stereocenters. The number of aromatic nitrogens is 2. The van der Waals surface area contributed by atoms with Gasteiger partial charge in [-0.3, -0.25) is 9.78 Å². The molecule has 11 heteroatoms. The molecule has 1 aliphatic rings. The van der Waals surface area contributed by atoms with Crippen LogP contribution in [0.15, 0.2) is 53.0 Å². The van der Waals surface area contributed by atoms with Gasteiger partial charge in [-0.2, -0.15) is 4.99 Å². The molecule has 3 heterocycles. The minimum absolute atomic E-state index is 0.194. The number of nitrogens with one attached hydrogen (secondary N) is 2. The summed E-state index contributed by atoms with van der Waals surface area (Å²) in [4.78, 5) is 36.5. The van der Waals surface area contributed by atoms with Gasteiger partial charge in [0.15, 0.2) is 4.80 Å². The number of hydrogen-bond acceptors (Lipinski definition) is 7. The average molecular weight is 539 g/mol. The largest absolute Gasteiger partial charge is 0.494 e. The molecule has 1 saturated heterocycles. The summed E-state index contributed by atoms with van der Waals surface area (Å²) in [6.45, 7) is 8.93. The maximum atomic E-state index is 13.2. The summed E-state index contributed by atoms with van der Waals surface area (Å²) < 4.78 is 13.0. The molecule has 1 fully saturated rings. The van der Waals surface area contributed by atoms with Crippen LogP contribution in [0.25, 0.3) is 11.3 Å². The third kappa shape index (κ3) is 7.20. The van der Waals surface area contributed by atoms with Crippen LogP contribution in [0.1, 0.15) is 30.8 Å². The SMILES string of the molecule is CCNC(=O)NCCCn1c(-c2ccc(OCC)cc2)csc1=NC(=O)c1cc(N2CCOCC2)ccn1. The molecular formula is C27H34N6O4S. The number of nitrogens with zero attached hydrogens (tertiary/aromatic N) is 4. The number of amides is 3. The maximum Gasteiger partial charge on any atom is 0.314 e. The van der Waals surface area contributed by atoms with E-state index in [0.29, 0.717) is 56.4 Å². The summed E-state index contributed by atoms with van der Waals surface area (Å²) in [7, 11) is 0. The minimum atomic E-state index is -0.394. The minimum Gasteiger partial charge on any atom is -0.494 e. The number of morpholine rings is 1. The van der Waals surface area contributed by atoms with E-state index < -0.39 is 5.91 Å². The second-order valence-electron chi connectivity index (χ2n) is 8.57. The van der Waals surface area contributed by atoms with E-state index in [0.717, 1.165) is 35.8 Å². The number of ether oxygens (including phenoxy) is 2. The monoisotopic (exact) mass is 538 g/mol. The fourth-order valence-corrected chi connectivity index (χ4v) is 5.05. The predicted molar refractivity (Wildman–Crippen MR) is 148 cm³/mol. The number of rotatable bonds is 10. The van der Waals surface area contributed by atoms with Gasteiger partial charge in [-0.05, 0) is 62.2 Å². The fourth-order valence-electron chi connectivity index (χ4n) is 4.11. The second kappa shape index (κ2) is 13.7. The Kier molecular flexibility index (Phi) is 9.88. The topological polar surface area (TPSA) is 110 Å². The van der Waals surface area contributed by atoms with Crippen molar-refractivity contribution in [3.63, 3.8) is 0 Å². The molecule has 10 nitrogen and oxygen atoms in total. The van der Waals surface area contributed by atoms with Gasteiger partial charge in [0.25, 0.3) is 5.91 Å². The molecule has 1 aliphatic heterocycles. The smallest absolute Gasteiger partial charge is 0.314 e. The Morgan fingerprint density at radius 2 is 1.92 bits per heavy atom. The molecule has 202 valence electrons. The Bertz CT molecular complexity index is 1280. The lowest BCUT2D eigenvalue weighted by molar-refractivity contribution is 0.0993. The predicted octanol–water partition coefficient (Wildman–Crippen LogP) is 3.30. The Labute approximate surface area is 226 Å². The molecular weight excluding hydrogens is 504 g/mol. The zero-order valence-electron chi connectivity index (χ0n) is 21.8. The number of benzene rings is 1. The van der Waals surface area contributed by atoms with Gasteiger partial charge in [-0.1, -0.05) is 0 Å². The third-order valence-electron chi connectivity index (χ3n) is 5.98. The molecule has 0 radical (unpaired) electrons. The van der Waals surface area contributed by atoms with Crippen LogP contribution in [-0.4, -0.2) is 67.5 Å². The fraction of sp³-hybridized carbons (Fsp3) is 0.407. The quantitative estimate of drug-likeness (QED) is 0.384. The summed E-state index contributed by atoms with van der Waals surface area (Å²) in [6, 6.07) is 11.4. The van der Waals surface area contributed by atoms with Crippen molar-refractivity contribution in [2.75, 3.05) is 50.9 Å². The number of thiazole rings is 1. The first-order valence-electron chi connectivity index (χ1n) is 12.9. The van der Waals surface area contributed by atoms with Crippen LogP contribution in [-0.2, 0) is 11.3 Å². The van der Waals surface area contributed by atoms with Crippen molar-refractivity contribution in [2.24, 2.45) is 4.99 Å². The molecule has 38 heavy (non-hydrogen) atoms. The van der Waals surface area contributed by atoms with Crippen molar-refractivity contribution >= 4 is 29.0 Å². The highest BCUT2D eigenvalue weighted by atomic mass is 32.1. The maximum absolute atomic E-state index is 13.2. The van der Waals surface area contributed by atoms with Crippen molar-refractivity contribution in [2.45, 2.75) is 26.8 Å². The first kappa shape index (κ1) is 27.3. The molecule has 0 spiro atoms. The summed E-state index contributed by atoms with van der Waals surface area (Å²) in [5.74, 6) is 0.407. The lowest BCUT2D eigenvalue weighted by atomic mass is 10.1. The summed E-state index contributed by atoms with van der Waals surface area (Å²) in [5, 5.41) is 7.58. The summed E-state index contributed by atoms with van der Waals surface area (Å²) in [6.07, 6.45) is 2.32. The Morgan fingerprint density at radius 1 is 1.13 bits per heavy atom. The van der Waals surface area contributed by atoms with Crippen LogP contribution in [0.3, 0.4) is 0 Å². The number of urea groups is 1.